The van der Waals surface area contributed by atoms with Gasteiger partial charge in [-0.05, 0) is 35.4 Å². The average Bonchev–Trinajstić information content (AvgIpc) is 2.73. The van der Waals surface area contributed by atoms with Crippen LogP contribution in [0.4, 0.5) is 0 Å². The van der Waals surface area contributed by atoms with Crippen LogP contribution in [-0.2, 0) is 16.4 Å². The van der Waals surface area contributed by atoms with Crippen LogP contribution in [0, 0.1) is 0 Å². The smallest absolute Gasteiger partial charge is 0.212 e. The normalized spacial score (nSPS) is 14.9. The lowest BCUT2D eigenvalue weighted by Crippen LogP contribution is -2.53. The maximum atomic E-state index is 11.5. The van der Waals surface area contributed by atoms with Crippen molar-refractivity contribution in [3.8, 4) is 22.8 Å². The second-order valence-electron chi connectivity index (χ2n) is 7.32. The molecular weight excluding hydrogens is 402 g/mol. The number of nitrogens with zero attached hydrogens (tertiary/aromatic N) is 3. The lowest BCUT2D eigenvalue weighted by Gasteiger charge is -2.39. The third kappa shape index (κ3) is 4.77. The van der Waals surface area contributed by atoms with E-state index in [9.17, 15) is 8.42 Å². The number of pyridine rings is 2. The Labute approximate surface area is 176 Å². The molecule has 156 valence electrons. The van der Waals surface area contributed by atoms with Crippen molar-refractivity contribution in [2.75, 3.05) is 26.5 Å². The number of rotatable bonds is 7. The van der Waals surface area contributed by atoms with E-state index in [0.29, 0.717) is 5.88 Å². The molecule has 1 fully saturated rings. The molecule has 3 heterocycles. The summed E-state index contributed by atoms with van der Waals surface area (Å²) in [6.45, 7) is 2.57. The molecule has 0 radical (unpaired) electrons. The summed E-state index contributed by atoms with van der Waals surface area (Å²) in [5, 5.41) is 0.0752. The number of ether oxygens (including phenoxy) is 2. The van der Waals surface area contributed by atoms with E-state index in [4.69, 9.17) is 9.47 Å². The second kappa shape index (κ2) is 8.41. The molecule has 3 aromatic rings. The van der Waals surface area contributed by atoms with Gasteiger partial charge in [0.1, 0.15) is 11.9 Å². The zero-order valence-corrected chi connectivity index (χ0v) is 17.7. The van der Waals surface area contributed by atoms with Crippen LogP contribution >= 0.6 is 0 Å². The summed E-state index contributed by atoms with van der Waals surface area (Å²) in [5.74, 6) is 1.43. The van der Waals surface area contributed by atoms with Crippen molar-refractivity contribution in [3.05, 3.63) is 66.5 Å². The van der Waals surface area contributed by atoms with E-state index >= 15 is 0 Å². The van der Waals surface area contributed by atoms with Gasteiger partial charge in [0, 0.05) is 49.9 Å². The molecule has 4 rings (SSSR count). The number of sulfone groups is 1. The molecule has 30 heavy (non-hydrogen) atoms. The summed E-state index contributed by atoms with van der Waals surface area (Å²) in [7, 11) is -1.68. The Kier molecular flexibility index (Phi) is 5.69. The molecule has 0 unspecified atom stereocenters. The Morgan fingerprint density at radius 3 is 2.27 bits per heavy atom. The van der Waals surface area contributed by atoms with Crippen molar-refractivity contribution in [1.29, 1.82) is 0 Å². The van der Waals surface area contributed by atoms with E-state index in [1.165, 1.54) is 6.07 Å². The van der Waals surface area contributed by atoms with Gasteiger partial charge in [0.05, 0.1) is 7.11 Å². The molecule has 0 N–H and O–H groups in total. The van der Waals surface area contributed by atoms with Crippen LogP contribution in [0.1, 0.15) is 5.56 Å². The van der Waals surface area contributed by atoms with E-state index < -0.39 is 9.84 Å². The Morgan fingerprint density at radius 1 is 0.967 bits per heavy atom. The van der Waals surface area contributed by atoms with Crippen LogP contribution < -0.4 is 9.47 Å². The van der Waals surface area contributed by atoms with Crippen LogP contribution in [0.25, 0.3) is 11.1 Å². The average molecular weight is 426 g/mol. The largest absolute Gasteiger partial charge is 0.488 e. The van der Waals surface area contributed by atoms with Crippen molar-refractivity contribution in [3.63, 3.8) is 0 Å². The topological polar surface area (TPSA) is 81.6 Å². The molecule has 0 atom stereocenters. The van der Waals surface area contributed by atoms with E-state index in [1.54, 1.807) is 19.4 Å². The molecule has 1 aliphatic rings. The summed E-state index contributed by atoms with van der Waals surface area (Å²) in [6.07, 6.45) is 4.72. The quantitative estimate of drug-likeness (QED) is 0.576. The first-order valence-corrected chi connectivity index (χ1v) is 11.4. The standard InChI is InChI=1S/C22H23N3O4S/c1-28-21-9-3-16(11-23-21)13-25-14-20(15-25)29-19-7-4-17(5-8-19)18-6-10-22(24-12-18)30(2,26)27/h3-12,20H,13-15H2,1-2H3. The highest BCUT2D eigenvalue weighted by molar-refractivity contribution is 7.90. The lowest BCUT2D eigenvalue weighted by molar-refractivity contribution is 0.0145. The molecule has 7 nitrogen and oxygen atoms in total. The number of aromatic nitrogens is 2. The fourth-order valence-corrected chi connectivity index (χ4v) is 3.86. The molecular formula is C22H23N3O4S. The van der Waals surface area contributed by atoms with Gasteiger partial charge in [-0.2, -0.15) is 0 Å². The monoisotopic (exact) mass is 425 g/mol. The zero-order chi connectivity index (χ0) is 21.1. The van der Waals surface area contributed by atoms with E-state index in [2.05, 4.69) is 14.9 Å². The molecule has 1 aromatic carbocycles. The van der Waals surface area contributed by atoms with Gasteiger partial charge in [-0.15, -0.1) is 0 Å². The van der Waals surface area contributed by atoms with Crippen LogP contribution in [0.2, 0.25) is 0 Å². The number of likely N-dealkylation sites (tertiary alicyclic amines) is 1. The molecule has 0 aliphatic carbocycles. The molecule has 2 aromatic heterocycles. The van der Waals surface area contributed by atoms with Gasteiger partial charge in [-0.1, -0.05) is 18.2 Å². The van der Waals surface area contributed by atoms with Crippen molar-refractivity contribution in [2.45, 2.75) is 17.7 Å². The molecule has 0 amide bonds. The number of methoxy groups -OCH3 is 1. The van der Waals surface area contributed by atoms with Gasteiger partial charge >= 0.3 is 0 Å². The maximum absolute atomic E-state index is 11.5. The van der Waals surface area contributed by atoms with Gasteiger partial charge in [-0.3, -0.25) is 4.90 Å². The second-order valence-corrected chi connectivity index (χ2v) is 9.29. The van der Waals surface area contributed by atoms with Gasteiger partial charge in [0.2, 0.25) is 5.88 Å². The number of hydrogen-bond acceptors (Lipinski definition) is 7. The molecule has 1 saturated heterocycles. The fourth-order valence-electron chi connectivity index (χ4n) is 3.30. The van der Waals surface area contributed by atoms with Crippen LogP contribution in [0.15, 0.2) is 66.0 Å². The highest BCUT2D eigenvalue weighted by Gasteiger charge is 2.28. The van der Waals surface area contributed by atoms with Gasteiger partial charge in [-0.25, -0.2) is 18.4 Å². The Bertz CT molecular complexity index is 1090. The summed E-state index contributed by atoms with van der Waals surface area (Å²) in [5.41, 5.74) is 2.96. The van der Waals surface area contributed by atoms with Crippen LogP contribution in [-0.4, -0.2) is 55.8 Å². The summed E-state index contributed by atoms with van der Waals surface area (Å²) < 4.78 is 34.2. The first kappa shape index (κ1) is 20.3. The van der Waals surface area contributed by atoms with Crippen LogP contribution in [0.3, 0.4) is 0 Å². The third-order valence-corrected chi connectivity index (χ3v) is 5.94. The minimum absolute atomic E-state index is 0.0752. The molecule has 0 spiro atoms. The minimum Gasteiger partial charge on any atom is -0.488 e. The predicted molar refractivity (Wildman–Crippen MR) is 113 cm³/mol. The van der Waals surface area contributed by atoms with Gasteiger partial charge < -0.3 is 9.47 Å². The maximum Gasteiger partial charge on any atom is 0.212 e. The van der Waals surface area contributed by atoms with Crippen molar-refractivity contribution >= 4 is 9.84 Å². The summed E-state index contributed by atoms with van der Waals surface area (Å²) in [4.78, 5) is 10.6. The zero-order valence-electron chi connectivity index (χ0n) is 16.9. The van der Waals surface area contributed by atoms with Crippen molar-refractivity contribution < 1.29 is 17.9 Å². The van der Waals surface area contributed by atoms with Crippen LogP contribution in [0.5, 0.6) is 11.6 Å². The molecule has 0 saturated carbocycles. The molecule has 0 bridgehead atoms. The summed E-state index contributed by atoms with van der Waals surface area (Å²) in [6, 6.07) is 14.9. The molecule has 8 heteroatoms. The Morgan fingerprint density at radius 2 is 1.70 bits per heavy atom. The highest BCUT2D eigenvalue weighted by atomic mass is 32.2. The Hall–Kier alpha value is -2.97. The third-order valence-electron chi connectivity index (χ3n) is 4.94. The van der Waals surface area contributed by atoms with Gasteiger partial charge in [0.15, 0.2) is 14.9 Å². The van der Waals surface area contributed by atoms with Crippen molar-refractivity contribution in [2.24, 2.45) is 0 Å². The first-order chi connectivity index (χ1) is 14.4. The molecule has 1 aliphatic heterocycles. The fraction of sp³-hybridized carbons (Fsp3) is 0.273. The number of benzene rings is 1. The SMILES string of the molecule is COc1ccc(CN2CC(Oc3ccc(-c4ccc(S(C)(=O)=O)nc4)cc3)C2)cn1. The number of hydrogen-bond donors (Lipinski definition) is 0. The Balaban J connectivity index is 1.29. The highest BCUT2D eigenvalue weighted by Crippen LogP contribution is 2.25. The van der Waals surface area contributed by atoms with E-state index in [-0.39, 0.29) is 11.1 Å². The minimum atomic E-state index is -3.29. The van der Waals surface area contributed by atoms with E-state index in [0.717, 1.165) is 48.3 Å². The lowest BCUT2D eigenvalue weighted by atomic mass is 10.1. The summed E-state index contributed by atoms with van der Waals surface area (Å²) >= 11 is 0. The first-order valence-electron chi connectivity index (χ1n) is 9.55. The van der Waals surface area contributed by atoms with Gasteiger partial charge in [0.25, 0.3) is 0 Å². The van der Waals surface area contributed by atoms with E-state index in [1.807, 2.05) is 42.6 Å². The predicted octanol–water partition coefficient (Wildman–Crippen LogP) is 2.82. The van der Waals surface area contributed by atoms with Crippen molar-refractivity contribution in [1.82, 2.24) is 14.9 Å².